The van der Waals surface area contributed by atoms with Crippen LogP contribution in [0.1, 0.15) is 32.2 Å². The van der Waals surface area contributed by atoms with Crippen molar-refractivity contribution < 1.29 is 4.79 Å². The van der Waals surface area contributed by atoms with Gasteiger partial charge in [0.25, 0.3) is 0 Å². The number of urea groups is 1. The molecule has 0 bridgehead atoms. The fourth-order valence-corrected chi connectivity index (χ4v) is 1.25. The lowest BCUT2D eigenvalue weighted by atomic mass is 10.1. The average Bonchev–Trinajstić information content (AvgIpc) is 2.12. The van der Waals surface area contributed by atoms with Gasteiger partial charge >= 0.3 is 6.03 Å². The summed E-state index contributed by atoms with van der Waals surface area (Å²) in [6, 6.07) is 5.58. The highest BCUT2D eigenvalue weighted by Crippen LogP contribution is 1.99. The molecule has 0 aromatic carbocycles. The first kappa shape index (κ1) is 12.5. The van der Waals surface area contributed by atoms with Gasteiger partial charge in [-0.3, -0.25) is 4.98 Å². The molecular formula is C12H19N3O. The first-order valence-corrected chi connectivity index (χ1v) is 5.35. The summed E-state index contributed by atoms with van der Waals surface area (Å²) < 4.78 is 0. The third kappa shape index (κ3) is 4.77. The highest BCUT2D eigenvalue weighted by molar-refractivity contribution is 5.74. The number of carbonyl (C=O) groups is 1. The highest BCUT2D eigenvalue weighted by Gasteiger charge is 2.12. The van der Waals surface area contributed by atoms with E-state index in [-0.39, 0.29) is 11.6 Å². The fraction of sp³-hybridized carbons (Fsp3) is 0.500. The zero-order valence-corrected chi connectivity index (χ0v) is 10.3. The van der Waals surface area contributed by atoms with Gasteiger partial charge in [-0.15, -0.1) is 0 Å². The predicted octanol–water partition coefficient (Wildman–Crippen LogP) is 1.99. The molecule has 88 valence electrons. The van der Waals surface area contributed by atoms with E-state index in [4.69, 9.17) is 0 Å². The van der Waals surface area contributed by atoms with Crippen molar-refractivity contribution in [2.45, 2.75) is 39.8 Å². The fourth-order valence-electron chi connectivity index (χ4n) is 1.25. The van der Waals surface area contributed by atoms with E-state index < -0.39 is 0 Å². The Morgan fingerprint density at radius 2 is 2.06 bits per heavy atom. The maximum atomic E-state index is 11.5. The van der Waals surface area contributed by atoms with E-state index in [0.29, 0.717) is 6.54 Å². The van der Waals surface area contributed by atoms with Crippen LogP contribution in [0.4, 0.5) is 4.79 Å². The van der Waals surface area contributed by atoms with Gasteiger partial charge in [0.15, 0.2) is 0 Å². The molecule has 0 fully saturated rings. The standard InChI is InChI=1S/C12H19N3O/c1-9-6-5-7-10(14-9)8-13-11(16)15-12(2,3)4/h5-7H,8H2,1-4H3,(H2,13,15,16). The number of rotatable bonds is 2. The average molecular weight is 221 g/mol. The van der Waals surface area contributed by atoms with E-state index in [9.17, 15) is 4.79 Å². The summed E-state index contributed by atoms with van der Waals surface area (Å²) in [6.07, 6.45) is 0. The summed E-state index contributed by atoms with van der Waals surface area (Å²) in [6.45, 7) is 8.20. The second-order valence-electron chi connectivity index (χ2n) is 4.83. The minimum atomic E-state index is -0.218. The Morgan fingerprint density at radius 3 is 2.62 bits per heavy atom. The Bertz CT molecular complexity index is 369. The largest absolute Gasteiger partial charge is 0.334 e. The summed E-state index contributed by atoms with van der Waals surface area (Å²) in [4.78, 5) is 15.8. The molecule has 4 nitrogen and oxygen atoms in total. The lowest BCUT2D eigenvalue weighted by Gasteiger charge is -2.20. The van der Waals surface area contributed by atoms with Crippen LogP contribution in [0.25, 0.3) is 0 Å². The van der Waals surface area contributed by atoms with Gasteiger partial charge in [0.05, 0.1) is 12.2 Å². The van der Waals surface area contributed by atoms with Crippen molar-refractivity contribution in [2.24, 2.45) is 0 Å². The predicted molar refractivity (Wildman–Crippen MR) is 64.1 cm³/mol. The number of nitrogens with one attached hydrogen (secondary N) is 2. The molecule has 0 aliphatic carbocycles. The minimum Gasteiger partial charge on any atom is -0.334 e. The van der Waals surface area contributed by atoms with Crippen LogP contribution in [-0.2, 0) is 6.54 Å². The molecule has 0 spiro atoms. The zero-order chi connectivity index (χ0) is 12.2. The van der Waals surface area contributed by atoms with Crippen LogP contribution in [-0.4, -0.2) is 16.6 Å². The molecule has 0 aliphatic heterocycles. The first-order valence-electron chi connectivity index (χ1n) is 5.35. The van der Waals surface area contributed by atoms with Crippen molar-refractivity contribution in [2.75, 3.05) is 0 Å². The molecule has 0 radical (unpaired) electrons. The van der Waals surface area contributed by atoms with Gasteiger partial charge < -0.3 is 10.6 Å². The van der Waals surface area contributed by atoms with Crippen LogP contribution in [0.5, 0.6) is 0 Å². The quantitative estimate of drug-likeness (QED) is 0.802. The summed E-state index contributed by atoms with van der Waals surface area (Å²) in [7, 11) is 0. The van der Waals surface area contributed by atoms with Gasteiger partial charge in [0.1, 0.15) is 0 Å². The lowest BCUT2D eigenvalue weighted by molar-refractivity contribution is 0.231. The second kappa shape index (κ2) is 4.96. The zero-order valence-electron chi connectivity index (χ0n) is 10.3. The molecule has 2 N–H and O–H groups in total. The van der Waals surface area contributed by atoms with Crippen molar-refractivity contribution in [3.8, 4) is 0 Å². The van der Waals surface area contributed by atoms with Crippen molar-refractivity contribution >= 4 is 6.03 Å². The van der Waals surface area contributed by atoms with Crippen LogP contribution < -0.4 is 10.6 Å². The van der Waals surface area contributed by atoms with Gasteiger partial charge in [0, 0.05) is 11.2 Å². The smallest absolute Gasteiger partial charge is 0.315 e. The molecule has 0 unspecified atom stereocenters. The van der Waals surface area contributed by atoms with Crippen LogP contribution >= 0.6 is 0 Å². The molecule has 1 rings (SSSR count). The number of pyridine rings is 1. The maximum absolute atomic E-state index is 11.5. The van der Waals surface area contributed by atoms with Gasteiger partial charge in [-0.1, -0.05) is 6.07 Å². The maximum Gasteiger partial charge on any atom is 0.315 e. The molecule has 0 aliphatic rings. The molecular weight excluding hydrogens is 202 g/mol. The molecule has 0 saturated carbocycles. The van der Waals surface area contributed by atoms with Gasteiger partial charge in [-0.05, 0) is 39.8 Å². The Hall–Kier alpha value is -1.58. The second-order valence-corrected chi connectivity index (χ2v) is 4.83. The van der Waals surface area contributed by atoms with Crippen LogP contribution in [0, 0.1) is 6.92 Å². The van der Waals surface area contributed by atoms with Crippen molar-refractivity contribution in [1.82, 2.24) is 15.6 Å². The Kier molecular flexibility index (Phi) is 3.88. The number of hydrogen-bond acceptors (Lipinski definition) is 2. The lowest BCUT2D eigenvalue weighted by Crippen LogP contribution is -2.46. The molecule has 0 atom stereocenters. The van der Waals surface area contributed by atoms with E-state index in [1.54, 1.807) is 0 Å². The Balaban J connectivity index is 2.43. The summed E-state index contributed by atoms with van der Waals surface area (Å²) in [5.41, 5.74) is 1.60. The number of amides is 2. The van der Waals surface area contributed by atoms with Gasteiger partial charge in [-0.25, -0.2) is 4.79 Å². The van der Waals surface area contributed by atoms with E-state index in [2.05, 4.69) is 15.6 Å². The van der Waals surface area contributed by atoms with E-state index in [1.165, 1.54) is 0 Å². The number of aromatic nitrogens is 1. The highest BCUT2D eigenvalue weighted by atomic mass is 16.2. The normalized spacial score (nSPS) is 11.0. The van der Waals surface area contributed by atoms with Crippen LogP contribution in [0.3, 0.4) is 0 Å². The van der Waals surface area contributed by atoms with Crippen LogP contribution in [0.15, 0.2) is 18.2 Å². The summed E-state index contributed by atoms with van der Waals surface area (Å²) >= 11 is 0. The third-order valence-corrected chi connectivity index (χ3v) is 1.86. The van der Waals surface area contributed by atoms with Gasteiger partial charge in [-0.2, -0.15) is 0 Å². The summed E-state index contributed by atoms with van der Waals surface area (Å²) in [5, 5.41) is 5.60. The Morgan fingerprint density at radius 1 is 1.38 bits per heavy atom. The number of hydrogen-bond donors (Lipinski definition) is 2. The third-order valence-electron chi connectivity index (χ3n) is 1.86. The molecule has 1 aromatic heterocycles. The van der Waals surface area contributed by atoms with Crippen molar-refractivity contribution in [1.29, 1.82) is 0 Å². The number of carbonyl (C=O) groups excluding carboxylic acids is 1. The summed E-state index contributed by atoms with van der Waals surface area (Å²) in [5.74, 6) is 0. The first-order chi connectivity index (χ1) is 7.37. The van der Waals surface area contributed by atoms with E-state index in [1.807, 2.05) is 45.9 Å². The number of nitrogens with zero attached hydrogens (tertiary/aromatic N) is 1. The topological polar surface area (TPSA) is 54.0 Å². The minimum absolute atomic E-state index is 0.171. The molecule has 16 heavy (non-hydrogen) atoms. The number of aryl methyl sites for hydroxylation is 1. The van der Waals surface area contributed by atoms with Crippen LogP contribution in [0.2, 0.25) is 0 Å². The molecule has 1 aromatic rings. The van der Waals surface area contributed by atoms with E-state index in [0.717, 1.165) is 11.4 Å². The SMILES string of the molecule is Cc1cccc(CNC(=O)NC(C)(C)C)n1. The molecule has 4 heteroatoms. The van der Waals surface area contributed by atoms with E-state index >= 15 is 0 Å². The molecule has 2 amide bonds. The van der Waals surface area contributed by atoms with Gasteiger partial charge in [0.2, 0.25) is 0 Å². The Labute approximate surface area is 96.5 Å². The van der Waals surface area contributed by atoms with Crippen molar-refractivity contribution in [3.63, 3.8) is 0 Å². The molecule has 0 saturated heterocycles. The van der Waals surface area contributed by atoms with Crippen molar-refractivity contribution in [3.05, 3.63) is 29.6 Å². The molecule has 1 heterocycles. The monoisotopic (exact) mass is 221 g/mol.